The lowest BCUT2D eigenvalue weighted by molar-refractivity contribution is -0.0578. The smallest absolute Gasteiger partial charge is 0.0834 e. The highest BCUT2D eigenvalue weighted by molar-refractivity contribution is 5.21. The highest BCUT2D eigenvalue weighted by atomic mass is 16.5. The maximum Gasteiger partial charge on any atom is 0.0834 e. The maximum absolute atomic E-state index is 6.24. The zero-order valence-corrected chi connectivity index (χ0v) is 12.7. The topological polar surface area (TPSA) is 50.8 Å². The second-order valence-corrected chi connectivity index (χ2v) is 5.82. The summed E-state index contributed by atoms with van der Waals surface area (Å²) in [6, 6.07) is 0. The van der Waals surface area contributed by atoms with Gasteiger partial charge in [0.05, 0.1) is 24.1 Å². The molecular weight excluding hydrogens is 250 g/mol. The van der Waals surface area contributed by atoms with Crippen LogP contribution >= 0.6 is 0 Å². The molecule has 1 aliphatic carbocycles. The molecule has 0 radical (unpaired) electrons. The average molecular weight is 275 g/mol. The average Bonchev–Trinajstić information content (AvgIpc) is 2.91. The lowest BCUT2D eigenvalue weighted by Crippen LogP contribution is -2.39. The zero-order valence-electron chi connectivity index (χ0n) is 12.7. The molecule has 20 heavy (non-hydrogen) atoms. The quantitative estimate of drug-likeness (QED) is 0.829. The van der Waals surface area contributed by atoms with Crippen LogP contribution in [0.3, 0.4) is 0 Å². The summed E-state index contributed by atoms with van der Waals surface area (Å²) in [5, 5.41) is 10.9. The first kappa shape index (κ1) is 15.0. The Labute approximate surface area is 121 Å². The number of rotatable bonds is 7. The molecule has 1 N–H and O–H groups in total. The van der Waals surface area contributed by atoms with Gasteiger partial charge in [0.25, 0.3) is 0 Å². The molecule has 2 atom stereocenters. The summed E-state index contributed by atoms with van der Waals surface area (Å²) in [5.41, 5.74) is 0.990. The van der Waals surface area contributed by atoms with E-state index >= 15 is 0 Å². The number of nitrogens with zero attached hydrogens (tertiary/aromatic N) is 2. The standard InChI is InChI=1S/C16H25N3O/c1-4-8-15(20-13(2)3)16(9-6-5-7-10-16)11-14-12-17-19-18-14/h5-7,9,12-13,15H,4,8,10-11H2,1-3H3,(H,17,18,19). The molecule has 0 aliphatic heterocycles. The minimum Gasteiger partial charge on any atom is -0.375 e. The van der Waals surface area contributed by atoms with Crippen molar-refractivity contribution in [3.8, 4) is 0 Å². The molecule has 2 rings (SSSR count). The number of aromatic nitrogens is 3. The molecular formula is C16H25N3O. The van der Waals surface area contributed by atoms with Crippen molar-refractivity contribution in [3.05, 3.63) is 36.2 Å². The lowest BCUT2D eigenvalue weighted by Gasteiger charge is -2.39. The highest BCUT2D eigenvalue weighted by Gasteiger charge is 2.38. The number of H-pyrrole nitrogens is 1. The summed E-state index contributed by atoms with van der Waals surface area (Å²) < 4.78 is 6.24. The van der Waals surface area contributed by atoms with Gasteiger partial charge in [-0.15, -0.1) is 0 Å². The van der Waals surface area contributed by atoms with Crippen molar-refractivity contribution in [2.75, 3.05) is 0 Å². The Morgan fingerprint density at radius 1 is 1.40 bits per heavy atom. The Hall–Kier alpha value is -1.42. The van der Waals surface area contributed by atoms with E-state index in [1.807, 2.05) is 6.20 Å². The molecule has 0 spiro atoms. The largest absolute Gasteiger partial charge is 0.375 e. The predicted octanol–water partition coefficient (Wildman–Crippen LogP) is 3.44. The Morgan fingerprint density at radius 3 is 2.80 bits per heavy atom. The van der Waals surface area contributed by atoms with E-state index in [-0.39, 0.29) is 17.6 Å². The number of aromatic amines is 1. The molecule has 0 bridgehead atoms. The molecule has 110 valence electrons. The maximum atomic E-state index is 6.24. The predicted molar refractivity (Wildman–Crippen MR) is 80.3 cm³/mol. The van der Waals surface area contributed by atoms with Crippen LogP contribution in [0.2, 0.25) is 0 Å². The van der Waals surface area contributed by atoms with Crippen LogP contribution in [0.1, 0.15) is 45.7 Å². The molecule has 0 aromatic carbocycles. The molecule has 1 heterocycles. The van der Waals surface area contributed by atoms with E-state index in [0.29, 0.717) is 0 Å². The van der Waals surface area contributed by atoms with Crippen molar-refractivity contribution in [1.82, 2.24) is 15.4 Å². The van der Waals surface area contributed by atoms with Gasteiger partial charge in [-0.05, 0) is 26.7 Å². The molecule has 1 aliphatic rings. The van der Waals surface area contributed by atoms with Gasteiger partial charge in [-0.3, -0.25) is 0 Å². The summed E-state index contributed by atoms with van der Waals surface area (Å²) in [6.07, 6.45) is 15.1. The van der Waals surface area contributed by atoms with Crippen LogP contribution in [0.15, 0.2) is 30.5 Å². The van der Waals surface area contributed by atoms with E-state index < -0.39 is 0 Å². The van der Waals surface area contributed by atoms with Gasteiger partial charge in [-0.25, -0.2) is 0 Å². The van der Waals surface area contributed by atoms with Crippen LogP contribution in [0.4, 0.5) is 0 Å². The second kappa shape index (κ2) is 6.84. The first-order valence-corrected chi connectivity index (χ1v) is 7.51. The lowest BCUT2D eigenvalue weighted by atomic mass is 9.71. The van der Waals surface area contributed by atoms with Gasteiger partial charge >= 0.3 is 0 Å². The van der Waals surface area contributed by atoms with Crippen molar-refractivity contribution in [1.29, 1.82) is 0 Å². The van der Waals surface area contributed by atoms with Crippen LogP contribution in [0, 0.1) is 5.41 Å². The number of hydrogen-bond acceptors (Lipinski definition) is 3. The van der Waals surface area contributed by atoms with Crippen molar-refractivity contribution >= 4 is 0 Å². The van der Waals surface area contributed by atoms with Gasteiger partial charge in [0.15, 0.2) is 0 Å². The van der Waals surface area contributed by atoms with E-state index in [9.17, 15) is 0 Å². The zero-order chi connectivity index (χ0) is 14.4. The summed E-state index contributed by atoms with van der Waals surface area (Å²) in [6.45, 7) is 6.42. The van der Waals surface area contributed by atoms with Gasteiger partial charge in [-0.1, -0.05) is 37.6 Å². The summed E-state index contributed by atoms with van der Waals surface area (Å²) >= 11 is 0. The van der Waals surface area contributed by atoms with E-state index in [2.05, 4.69) is 60.5 Å². The first-order chi connectivity index (χ1) is 9.66. The molecule has 1 aromatic heterocycles. The van der Waals surface area contributed by atoms with Crippen LogP contribution in [-0.4, -0.2) is 27.6 Å². The fraction of sp³-hybridized carbons (Fsp3) is 0.625. The van der Waals surface area contributed by atoms with Gasteiger partial charge < -0.3 is 4.74 Å². The summed E-state index contributed by atoms with van der Waals surface area (Å²) in [7, 11) is 0. The Morgan fingerprint density at radius 2 is 2.25 bits per heavy atom. The SMILES string of the molecule is CCCC(OC(C)C)C1(Cc2cn[nH]n2)C=CC=CC1. The molecule has 4 nitrogen and oxygen atoms in total. The van der Waals surface area contributed by atoms with E-state index in [0.717, 1.165) is 31.4 Å². The van der Waals surface area contributed by atoms with Crippen molar-refractivity contribution in [2.24, 2.45) is 5.41 Å². The fourth-order valence-electron chi connectivity index (χ4n) is 2.89. The number of hydrogen-bond donors (Lipinski definition) is 1. The monoisotopic (exact) mass is 275 g/mol. The van der Waals surface area contributed by atoms with Crippen LogP contribution in [0.25, 0.3) is 0 Å². The van der Waals surface area contributed by atoms with Crippen molar-refractivity contribution in [3.63, 3.8) is 0 Å². The summed E-state index contributed by atoms with van der Waals surface area (Å²) in [5.74, 6) is 0. The molecule has 0 saturated carbocycles. The Kier molecular flexibility index (Phi) is 5.12. The Balaban J connectivity index is 2.24. The van der Waals surface area contributed by atoms with Gasteiger partial charge in [0, 0.05) is 11.8 Å². The van der Waals surface area contributed by atoms with Crippen LogP contribution < -0.4 is 0 Å². The van der Waals surface area contributed by atoms with E-state index in [4.69, 9.17) is 4.74 Å². The molecule has 0 saturated heterocycles. The number of allylic oxidation sites excluding steroid dienone is 3. The van der Waals surface area contributed by atoms with E-state index in [1.54, 1.807) is 0 Å². The first-order valence-electron chi connectivity index (χ1n) is 7.51. The third kappa shape index (κ3) is 3.57. The van der Waals surface area contributed by atoms with Crippen molar-refractivity contribution in [2.45, 2.75) is 58.7 Å². The molecule has 1 aromatic rings. The third-order valence-corrected chi connectivity index (χ3v) is 3.78. The molecule has 0 fully saturated rings. The second-order valence-electron chi connectivity index (χ2n) is 5.82. The molecule has 4 heteroatoms. The van der Waals surface area contributed by atoms with Gasteiger partial charge in [0.1, 0.15) is 0 Å². The minimum absolute atomic E-state index is 0.00803. The molecule has 2 unspecified atom stereocenters. The van der Waals surface area contributed by atoms with Crippen molar-refractivity contribution < 1.29 is 4.74 Å². The molecule has 0 amide bonds. The van der Waals surface area contributed by atoms with Crippen LogP contribution in [0.5, 0.6) is 0 Å². The minimum atomic E-state index is -0.00803. The van der Waals surface area contributed by atoms with E-state index in [1.165, 1.54) is 0 Å². The number of nitrogens with one attached hydrogen (secondary N) is 1. The number of ether oxygens (including phenoxy) is 1. The van der Waals surface area contributed by atoms with Gasteiger partial charge in [-0.2, -0.15) is 15.4 Å². The highest BCUT2D eigenvalue weighted by Crippen LogP contribution is 2.39. The Bertz CT molecular complexity index is 450. The third-order valence-electron chi connectivity index (χ3n) is 3.78. The summed E-state index contributed by atoms with van der Waals surface area (Å²) in [4.78, 5) is 0. The normalized spacial score (nSPS) is 23.4. The van der Waals surface area contributed by atoms with Gasteiger partial charge in [0.2, 0.25) is 0 Å². The van der Waals surface area contributed by atoms with Crippen LogP contribution in [-0.2, 0) is 11.2 Å². The fourth-order valence-corrected chi connectivity index (χ4v) is 2.89.